The van der Waals surface area contributed by atoms with Crippen molar-refractivity contribution in [2.24, 2.45) is 12.5 Å². The molecule has 86 valence electrons. The lowest BCUT2D eigenvalue weighted by Crippen LogP contribution is -2.48. The van der Waals surface area contributed by atoms with Gasteiger partial charge >= 0.3 is 0 Å². The normalized spacial score (nSPS) is 37.1. The predicted octanol–water partition coefficient (Wildman–Crippen LogP) is 2.28. The highest BCUT2D eigenvalue weighted by Crippen LogP contribution is 2.52. The highest BCUT2D eigenvalue weighted by atomic mass is 15.3. The number of aromatic nitrogens is 1. The molecule has 2 nitrogen and oxygen atoms in total. The van der Waals surface area contributed by atoms with Crippen LogP contribution < -0.4 is 9.47 Å². The predicted molar refractivity (Wildman–Crippen MR) is 65.3 cm³/mol. The van der Waals surface area contributed by atoms with Crippen molar-refractivity contribution in [3.8, 4) is 0 Å². The minimum atomic E-state index is 0.549. The molecule has 0 N–H and O–H groups in total. The molecule has 0 aromatic carbocycles. The van der Waals surface area contributed by atoms with E-state index in [4.69, 9.17) is 0 Å². The summed E-state index contributed by atoms with van der Waals surface area (Å²) in [6.45, 7) is 4.85. The smallest absolute Gasteiger partial charge is 0.256 e. The number of aryl methyl sites for hydroxylation is 1. The summed E-state index contributed by atoms with van der Waals surface area (Å²) in [5.74, 6) is 1.38. The zero-order valence-electron chi connectivity index (χ0n) is 10.5. The molecule has 3 rings (SSSR count). The SMILES string of the molecule is CC1N(c2cccc[n+]2C)C2CCC1(C)C2. The van der Waals surface area contributed by atoms with E-state index < -0.39 is 0 Å². The number of hydrogen-bond donors (Lipinski definition) is 0. The number of rotatable bonds is 1. The Morgan fingerprint density at radius 2 is 2.25 bits per heavy atom. The number of anilines is 1. The summed E-state index contributed by atoms with van der Waals surface area (Å²) >= 11 is 0. The van der Waals surface area contributed by atoms with Crippen molar-refractivity contribution in [3.63, 3.8) is 0 Å². The van der Waals surface area contributed by atoms with Crippen molar-refractivity contribution >= 4 is 5.82 Å². The van der Waals surface area contributed by atoms with E-state index in [1.54, 1.807) is 0 Å². The van der Waals surface area contributed by atoms with Gasteiger partial charge in [-0.15, -0.1) is 0 Å². The van der Waals surface area contributed by atoms with Gasteiger partial charge in [-0.2, -0.15) is 0 Å². The van der Waals surface area contributed by atoms with Crippen LogP contribution in [0.4, 0.5) is 5.82 Å². The second-order valence-electron chi connectivity index (χ2n) is 5.80. The molecule has 3 atom stereocenters. The van der Waals surface area contributed by atoms with Gasteiger partial charge in [-0.3, -0.25) is 4.90 Å². The average Bonchev–Trinajstić information content (AvgIpc) is 2.74. The molecule has 1 aromatic rings. The largest absolute Gasteiger partial charge is 0.276 e. The van der Waals surface area contributed by atoms with Crippen LogP contribution in [0.2, 0.25) is 0 Å². The van der Waals surface area contributed by atoms with E-state index in [1.165, 1.54) is 25.1 Å². The molecular formula is C14H21N2+. The van der Waals surface area contributed by atoms with Crippen LogP contribution in [-0.2, 0) is 7.05 Å². The fourth-order valence-corrected chi connectivity index (χ4v) is 3.68. The topological polar surface area (TPSA) is 7.12 Å². The Labute approximate surface area is 97.9 Å². The van der Waals surface area contributed by atoms with Gasteiger partial charge < -0.3 is 0 Å². The van der Waals surface area contributed by atoms with Gasteiger partial charge in [0.15, 0.2) is 0 Å². The number of fused-ring (bicyclic) bond motifs is 2. The highest BCUT2D eigenvalue weighted by molar-refractivity contribution is 5.41. The van der Waals surface area contributed by atoms with Gasteiger partial charge in [-0.05, 0) is 32.3 Å². The molecule has 0 spiro atoms. The first-order valence-electron chi connectivity index (χ1n) is 6.35. The van der Waals surface area contributed by atoms with E-state index in [0.717, 1.165) is 6.04 Å². The molecule has 2 heteroatoms. The van der Waals surface area contributed by atoms with Crippen LogP contribution in [0.3, 0.4) is 0 Å². The van der Waals surface area contributed by atoms with E-state index in [1.807, 2.05) is 0 Å². The number of nitrogens with zero attached hydrogens (tertiary/aromatic N) is 2. The molecule has 0 radical (unpaired) electrons. The Bertz CT molecular complexity index is 415. The molecule has 2 aliphatic rings. The van der Waals surface area contributed by atoms with Crippen LogP contribution in [0.25, 0.3) is 0 Å². The fraction of sp³-hybridized carbons (Fsp3) is 0.643. The third-order valence-corrected chi connectivity index (χ3v) is 4.86. The van der Waals surface area contributed by atoms with Gasteiger partial charge in [0.25, 0.3) is 5.82 Å². The van der Waals surface area contributed by atoms with Crippen LogP contribution in [0.15, 0.2) is 24.4 Å². The Morgan fingerprint density at radius 3 is 2.88 bits per heavy atom. The summed E-state index contributed by atoms with van der Waals surface area (Å²) < 4.78 is 2.25. The summed E-state index contributed by atoms with van der Waals surface area (Å²) in [6.07, 6.45) is 6.31. The third-order valence-electron chi connectivity index (χ3n) is 4.86. The quantitative estimate of drug-likeness (QED) is 0.655. The monoisotopic (exact) mass is 217 g/mol. The van der Waals surface area contributed by atoms with Crippen molar-refractivity contribution in [2.75, 3.05) is 4.90 Å². The van der Waals surface area contributed by atoms with Crippen molar-refractivity contribution in [1.82, 2.24) is 0 Å². The Hall–Kier alpha value is -1.05. The summed E-state index contributed by atoms with van der Waals surface area (Å²) in [5, 5.41) is 0. The molecule has 2 bridgehead atoms. The molecule has 2 heterocycles. The summed E-state index contributed by atoms with van der Waals surface area (Å²) in [6, 6.07) is 7.95. The summed E-state index contributed by atoms with van der Waals surface area (Å²) in [5.41, 5.74) is 0.549. The van der Waals surface area contributed by atoms with E-state index in [9.17, 15) is 0 Å². The maximum atomic E-state index is 2.64. The molecule has 0 amide bonds. The van der Waals surface area contributed by atoms with E-state index in [2.05, 4.69) is 54.8 Å². The Kier molecular flexibility index (Phi) is 2.04. The first-order chi connectivity index (χ1) is 7.62. The zero-order chi connectivity index (χ0) is 11.3. The van der Waals surface area contributed by atoms with Crippen molar-refractivity contribution < 1.29 is 4.57 Å². The minimum absolute atomic E-state index is 0.549. The van der Waals surface area contributed by atoms with Crippen molar-refractivity contribution in [2.45, 2.75) is 45.2 Å². The Morgan fingerprint density at radius 1 is 1.44 bits per heavy atom. The van der Waals surface area contributed by atoms with Gasteiger partial charge in [0, 0.05) is 11.5 Å². The second kappa shape index (κ2) is 3.22. The Balaban J connectivity index is 2.01. The molecule has 3 unspecified atom stereocenters. The highest BCUT2D eigenvalue weighted by Gasteiger charge is 2.56. The van der Waals surface area contributed by atoms with E-state index >= 15 is 0 Å². The lowest BCUT2D eigenvalue weighted by Gasteiger charge is -2.33. The maximum absolute atomic E-state index is 2.64. The van der Waals surface area contributed by atoms with E-state index in [-0.39, 0.29) is 0 Å². The minimum Gasteiger partial charge on any atom is -0.256 e. The molecule has 1 aliphatic heterocycles. The van der Waals surface area contributed by atoms with Gasteiger partial charge in [-0.25, -0.2) is 4.57 Å². The van der Waals surface area contributed by atoms with Gasteiger partial charge in [-0.1, -0.05) is 13.0 Å². The second-order valence-corrected chi connectivity index (χ2v) is 5.80. The standard InChI is InChI=1S/C14H21N2/c1-11-14(2)8-7-12(10-14)16(11)13-6-4-5-9-15(13)3/h4-6,9,11-12H,7-8,10H2,1-3H3/q+1. The lowest BCUT2D eigenvalue weighted by atomic mass is 9.83. The van der Waals surface area contributed by atoms with Gasteiger partial charge in [0.05, 0.1) is 25.3 Å². The molecule has 1 saturated heterocycles. The van der Waals surface area contributed by atoms with Crippen LogP contribution in [0, 0.1) is 5.41 Å². The van der Waals surface area contributed by atoms with Crippen molar-refractivity contribution in [3.05, 3.63) is 24.4 Å². The van der Waals surface area contributed by atoms with Crippen molar-refractivity contribution in [1.29, 1.82) is 0 Å². The van der Waals surface area contributed by atoms with Crippen LogP contribution in [-0.4, -0.2) is 12.1 Å². The first kappa shape index (κ1) is 10.1. The molecule has 2 fully saturated rings. The summed E-state index contributed by atoms with van der Waals surface area (Å²) in [7, 11) is 2.15. The first-order valence-corrected chi connectivity index (χ1v) is 6.35. The average molecular weight is 217 g/mol. The molecular weight excluding hydrogens is 196 g/mol. The van der Waals surface area contributed by atoms with Crippen LogP contribution in [0.1, 0.15) is 33.1 Å². The molecule has 16 heavy (non-hydrogen) atoms. The molecule has 1 saturated carbocycles. The number of hydrogen-bond acceptors (Lipinski definition) is 1. The molecule has 1 aliphatic carbocycles. The maximum Gasteiger partial charge on any atom is 0.276 e. The van der Waals surface area contributed by atoms with Gasteiger partial charge in [0.2, 0.25) is 0 Å². The fourth-order valence-electron chi connectivity index (χ4n) is 3.68. The zero-order valence-corrected chi connectivity index (χ0v) is 10.5. The van der Waals surface area contributed by atoms with Gasteiger partial charge in [0.1, 0.15) is 0 Å². The van der Waals surface area contributed by atoms with E-state index in [0.29, 0.717) is 11.5 Å². The number of piperidine rings is 1. The van der Waals surface area contributed by atoms with Crippen LogP contribution in [0.5, 0.6) is 0 Å². The summed E-state index contributed by atoms with van der Waals surface area (Å²) in [4.78, 5) is 2.64. The number of pyridine rings is 1. The van der Waals surface area contributed by atoms with Crippen LogP contribution >= 0.6 is 0 Å². The third kappa shape index (κ3) is 1.22. The lowest BCUT2D eigenvalue weighted by molar-refractivity contribution is -0.659. The molecule has 1 aromatic heterocycles.